The quantitative estimate of drug-likeness (QED) is 0.248. The molecular weight excluding hydrogens is 386 g/mol. The normalized spacial score (nSPS) is 11.1. The van der Waals surface area contributed by atoms with E-state index in [-0.39, 0.29) is 37.2 Å². The maximum absolute atomic E-state index is 12.3. The molecule has 0 unspecified atom stereocenters. The van der Waals surface area contributed by atoms with Gasteiger partial charge in [-0.05, 0) is 18.4 Å². The van der Waals surface area contributed by atoms with Crippen LogP contribution < -0.4 is 16.8 Å². The number of carboxylic acid groups (broad SMARTS) is 1. The van der Waals surface area contributed by atoms with Crippen LogP contribution >= 0.6 is 12.4 Å². The lowest BCUT2D eigenvalue weighted by Gasteiger charge is -2.17. The summed E-state index contributed by atoms with van der Waals surface area (Å²) in [6.45, 7) is 0.438. The van der Waals surface area contributed by atoms with Gasteiger partial charge in [0, 0.05) is 12.7 Å². The molecule has 28 heavy (non-hydrogen) atoms. The van der Waals surface area contributed by atoms with E-state index in [0.717, 1.165) is 11.3 Å². The van der Waals surface area contributed by atoms with Crippen molar-refractivity contribution in [2.24, 2.45) is 16.5 Å². The number of nitrogens with zero attached hydrogens (tertiary/aromatic N) is 4. The third kappa shape index (κ3) is 8.04. The molecule has 0 radical (unpaired) electrons. The van der Waals surface area contributed by atoms with E-state index in [1.807, 2.05) is 6.07 Å². The average Bonchev–Trinajstić information content (AvgIpc) is 3.05. The Balaban J connectivity index is 0.00000392. The number of guanidine groups is 1. The molecule has 152 valence electrons. The molecule has 0 bridgehead atoms. The molecular formula is C17H24ClN7O3. The van der Waals surface area contributed by atoms with Crippen LogP contribution in [0.2, 0.25) is 0 Å². The number of benzene rings is 1. The van der Waals surface area contributed by atoms with Crippen molar-refractivity contribution >= 4 is 30.2 Å². The summed E-state index contributed by atoms with van der Waals surface area (Å²) >= 11 is 0. The molecule has 0 aliphatic rings. The molecule has 10 nitrogen and oxygen atoms in total. The summed E-state index contributed by atoms with van der Waals surface area (Å²) < 4.78 is 1.41. The average molecular weight is 410 g/mol. The lowest BCUT2D eigenvalue weighted by molar-refractivity contribution is -0.137. The molecule has 6 N–H and O–H groups in total. The second-order valence-electron chi connectivity index (χ2n) is 5.95. The molecule has 11 heteroatoms. The predicted molar refractivity (Wildman–Crippen MR) is 106 cm³/mol. The SMILES string of the molecule is Cl.NC(N)=NCCCc1cn(CC(=O)N[C@H](CC(=O)O)c2ccccc2)nn1. The minimum absolute atomic E-state index is 0. The first-order chi connectivity index (χ1) is 12.9. The largest absolute Gasteiger partial charge is 0.481 e. The van der Waals surface area contributed by atoms with Gasteiger partial charge in [0.15, 0.2) is 5.96 Å². The number of nitrogens with one attached hydrogen (secondary N) is 1. The van der Waals surface area contributed by atoms with Crippen molar-refractivity contribution in [1.29, 1.82) is 0 Å². The van der Waals surface area contributed by atoms with Gasteiger partial charge < -0.3 is 21.9 Å². The van der Waals surface area contributed by atoms with Crippen molar-refractivity contribution in [2.75, 3.05) is 6.54 Å². The van der Waals surface area contributed by atoms with Gasteiger partial charge in [0.1, 0.15) is 6.54 Å². The van der Waals surface area contributed by atoms with Gasteiger partial charge >= 0.3 is 5.97 Å². The van der Waals surface area contributed by atoms with Crippen molar-refractivity contribution < 1.29 is 14.7 Å². The Morgan fingerprint density at radius 2 is 1.96 bits per heavy atom. The molecule has 0 saturated carbocycles. The molecule has 1 aromatic carbocycles. The number of aryl methyl sites for hydroxylation is 1. The number of aromatic nitrogens is 3. The van der Waals surface area contributed by atoms with Gasteiger partial charge in [-0.1, -0.05) is 35.5 Å². The van der Waals surface area contributed by atoms with Crippen LogP contribution in [-0.4, -0.2) is 44.5 Å². The van der Waals surface area contributed by atoms with E-state index < -0.39 is 12.0 Å². The molecule has 1 aromatic heterocycles. The van der Waals surface area contributed by atoms with Crippen LogP contribution in [0, 0.1) is 0 Å². The van der Waals surface area contributed by atoms with Gasteiger partial charge in [-0.2, -0.15) is 0 Å². The number of carbonyl (C=O) groups excluding carboxylic acids is 1. The summed E-state index contributed by atoms with van der Waals surface area (Å²) in [6.07, 6.45) is 2.80. The minimum atomic E-state index is -0.993. The summed E-state index contributed by atoms with van der Waals surface area (Å²) in [6, 6.07) is 8.35. The molecule has 1 amide bonds. The summed E-state index contributed by atoms with van der Waals surface area (Å²) in [5.74, 6) is -1.29. The number of aliphatic carboxylic acids is 1. The van der Waals surface area contributed by atoms with E-state index in [1.165, 1.54) is 4.68 Å². The molecule has 2 rings (SSSR count). The Labute approximate surface area is 168 Å². The van der Waals surface area contributed by atoms with Crippen LogP contribution in [0.1, 0.15) is 30.1 Å². The van der Waals surface area contributed by atoms with E-state index in [0.29, 0.717) is 19.4 Å². The monoisotopic (exact) mass is 409 g/mol. The highest BCUT2D eigenvalue weighted by Gasteiger charge is 2.18. The zero-order valence-electron chi connectivity index (χ0n) is 15.2. The zero-order valence-corrected chi connectivity index (χ0v) is 16.0. The van der Waals surface area contributed by atoms with Gasteiger partial charge in [-0.3, -0.25) is 14.6 Å². The third-order valence-electron chi connectivity index (χ3n) is 3.69. The number of carbonyl (C=O) groups is 2. The second kappa shape index (κ2) is 11.5. The summed E-state index contributed by atoms with van der Waals surface area (Å²) in [5.41, 5.74) is 12.0. The van der Waals surface area contributed by atoms with Crippen molar-refractivity contribution in [3.8, 4) is 0 Å². The van der Waals surface area contributed by atoms with Gasteiger partial charge in [0.25, 0.3) is 0 Å². The first kappa shape index (κ1) is 22.9. The Morgan fingerprint density at radius 1 is 1.25 bits per heavy atom. The van der Waals surface area contributed by atoms with Crippen LogP contribution in [0.4, 0.5) is 0 Å². The highest BCUT2D eigenvalue weighted by molar-refractivity contribution is 5.85. The fraction of sp³-hybridized carbons (Fsp3) is 0.353. The van der Waals surface area contributed by atoms with E-state index in [1.54, 1.807) is 30.5 Å². The number of hydrogen-bond acceptors (Lipinski definition) is 5. The highest BCUT2D eigenvalue weighted by Crippen LogP contribution is 2.16. The lowest BCUT2D eigenvalue weighted by Crippen LogP contribution is -2.33. The van der Waals surface area contributed by atoms with Gasteiger partial charge in [-0.25, -0.2) is 4.68 Å². The van der Waals surface area contributed by atoms with Crippen LogP contribution in [-0.2, 0) is 22.6 Å². The van der Waals surface area contributed by atoms with E-state index >= 15 is 0 Å². The fourth-order valence-electron chi connectivity index (χ4n) is 2.50. The molecule has 0 aliphatic carbocycles. The fourth-order valence-corrected chi connectivity index (χ4v) is 2.50. The van der Waals surface area contributed by atoms with Crippen molar-refractivity contribution in [3.63, 3.8) is 0 Å². The Bertz CT molecular complexity index is 791. The Kier molecular flexibility index (Phi) is 9.44. The molecule has 1 heterocycles. The number of halogens is 1. The lowest BCUT2D eigenvalue weighted by atomic mass is 10.0. The van der Waals surface area contributed by atoms with Crippen LogP contribution in [0.25, 0.3) is 0 Å². The standard InChI is InChI=1S/C17H23N7O3.ClH/c18-17(19)20-8-4-7-13-10-24(23-22-13)11-15(25)21-14(9-16(26)27)12-5-2-1-3-6-12;/h1-3,5-6,10,14H,4,7-9,11H2,(H,21,25)(H,26,27)(H4,18,19,20);1H/t14-;/m1./s1. The topological polar surface area (TPSA) is 162 Å². The molecule has 0 fully saturated rings. The molecule has 1 atom stereocenters. The van der Waals surface area contributed by atoms with Crippen LogP contribution in [0.3, 0.4) is 0 Å². The van der Waals surface area contributed by atoms with E-state index in [2.05, 4.69) is 20.6 Å². The number of nitrogens with two attached hydrogens (primary N) is 2. The number of aliphatic imine (C=N–C) groups is 1. The molecule has 0 saturated heterocycles. The van der Waals surface area contributed by atoms with Gasteiger partial charge in [0.05, 0.1) is 18.2 Å². The van der Waals surface area contributed by atoms with Crippen LogP contribution in [0.15, 0.2) is 41.5 Å². The molecule has 0 aliphatic heterocycles. The number of carboxylic acids is 1. The maximum Gasteiger partial charge on any atom is 0.305 e. The maximum atomic E-state index is 12.3. The van der Waals surface area contributed by atoms with Crippen molar-refractivity contribution in [3.05, 3.63) is 47.8 Å². The van der Waals surface area contributed by atoms with Crippen molar-refractivity contribution in [1.82, 2.24) is 20.3 Å². The molecule has 0 spiro atoms. The van der Waals surface area contributed by atoms with Gasteiger partial charge in [0.2, 0.25) is 5.91 Å². The minimum Gasteiger partial charge on any atom is -0.481 e. The van der Waals surface area contributed by atoms with E-state index in [4.69, 9.17) is 16.6 Å². The van der Waals surface area contributed by atoms with Gasteiger partial charge in [-0.15, -0.1) is 17.5 Å². The Morgan fingerprint density at radius 3 is 2.61 bits per heavy atom. The highest BCUT2D eigenvalue weighted by atomic mass is 35.5. The number of hydrogen-bond donors (Lipinski definition) is 4. The predicted octanol–water partition coefficient (Wildman–Crippen LogP) is 0.238. The van der Waals surface area contributed by atoms with Crippen LogP contribution in [0.5, 0.6) is 0 Å². The van der Waals surface area contributed by atoms with Crippen molar-refractivity contribution in [2.45, 2.75) is 31.8 Å². The number of amides is 1. The molecule has 2 aromatic rings. The summed E-state index contributed by atoms with van der Waals surface area (Å²) in [5, 5.41) is 19.7. The number of rotatable bonds is 10. The third-order valence-corrected chi connectivity index (χ3v) is 3.69. The van der Waals surface area contributed by atoms with E-state index in [9.17, 15) is 9.59 Å². The first-order valence-corrected chi connectivity index (χ1v) is 8.44. The zero-order chi connectivity index (χ0) is 19.6. The Hall–Kier alpha value is -3.14. The summed E-state index contributed by atoms with van der Waals surface area (Å²) in [4.78, 5) is 27.3. The second-order valence-corrected chi connectivity index (χ2v) is 5.95. The smallest absolute Gasteiger partial charge is 0.305 e. The summed E-state index contributed by atoms with van der Waals surface area (Å²) in [7, 11) is 0. The first-order valence-electron chi connectivity index (χ1n) is 8.44.